The molecule has 1 aliphatic carbocycles. The summed E-state index contributed by atoms with van der Waals surface area (Å²) in [6.45, 7) is 24.5. The van der Waals surface area contributed by atoms with Crippen LogP contribution in [0, 0.1) is 18.8 Å². The quantitative estimate of drug-likeness (QED) is 0.185. The summed E-state index contributed by atoms with van der Waals surface area (Å²) in [4.78, 5) is 18.4. The number of unbranched alkanes of at least 4 members (excludes halogenated alkanes) is 2. The van der Waals surface area contributed by atoms with E-state index in [0.717, 1.165) is 55.8 Å². The van der Waals surface area contributed by atoms with Gasteiger partial charge in [0, 0.05) is 32.3 Å². The third kappa shape index (κ3) is 21.4. The van der Waals surface area contributed by atoms with Crippen LogP contribution in [0.15, 0.2) is 53.7 Å². The molecule has 1 saturated carbocycles. The third-order valence-electron chi connectivity index (χ3n) is 8.15. The Hall–Kier alpha value is -2.36. The van der Waals surface area contributed by atoms with Crippen LogP contribution in [0.25, 0.3) is 0 Å². The van der Waals surface area contributed by atoms with Gasteiger partial charge in [-0.2, -0.15) is 0 Å². The van der Waals surface area contributed by atoms with Crippen LogP contribution in [0.3, 0.4) is 0 Å². The van der Waals surface area contributed by atoms with E-state index in [2.05, 4.69) is 71.0 Å². The van der Waals surface area contributed by atoms with Gasteiger partial charge in [-0.25, -0.2) is 0 Å². The van der Waals surface area contributed by atoms with Crippen LogP contribution in [0.4, 0.5) is 0 Å². The minimum absolute atomic E-state index is 0.0323. The lowest BCUT2D eigenvalue weighted by atomic mass is 9.84. The second-order valence-electron chi connectivity index (χ2n) is 12.7. The maximum absolute atomic E-state index is 11.7. The fourth-order valence-corrected chi connectivity index (χ4v) is 5.13. The normalized spacial score (nSPS) is 19.0. The molecular weight excluding hydrogens is 540 g/mol. The first kappa shape index (κ1) is 41.6. The van der Waals surface area contributed by atoms with Crippen molar-refractivity contribution in [2.45, 2.75) is 145 Å². The molecule has 1 aromatic carbocycles. The molecule has 0 unspecified atom stereocenters. The Labute approximate surface area is 273 Å². The summed E-state index contributed by atoms with van der Waals surface area (Å²) in [6.07, 6.45) is 22.1. The van der Waals surface area contributed by atoms with Crippen molar-refractivity contribution in [1.29, 1.82) is 0 Å². The zero-order valence-electron chi connectivity index (χ0n) is 30.3. The number of aryl methyl sites for hydroxylation is 1. The van der Waals surface area contributed by atoms with Crippen molar-refractivity contribution in [3.63, 3.8) is 0 Å². The number of nitrogens with zero attached hydrogens (tertiary/aromatic N) is 2. The molecule has 4 heteroatoms. The number of benzene rings is 1. The van der Waals surface area contributed by atoms with Crippen molar-refractivity contribution in [1.82, 2.24) is 4.90 Å². The number of hydrogen-bond donors (Lipinski definition) is 0. The molecule has 252 valence electrons. The number of rotatable bonds is 11. The second-order valence-corrected chi connectivity index (χ2v) is 12.7. The van der Waals surface area contributed by atoms with Gasteiger partial charge < -0.3 is 9.64 Å². The number of ketones is 1. The number of aliphatic imine (C=N–C) groups is 1. The highest BCUT2D eigenvalue weighted by molar-refractivity contribution is 6.43. The highest BCUT2D eigenvalue weighted by atomic mass is 16.5. The molecule has 0 aromatic heterocycles. The maximum atomic E-state index is 11.7. The number of ether oxygens (including phenoxy) is 1. The van der Waals surface area contributed by atoms with E-state index in [1.54, 1.807) is 6.92 Å². The van der Waals surface area contributed by atoms with Gasteiger partial charge in [0.05, 0.1) is 6.61 Å². The predicted molar refractivity (Wildman–Crippen MR) is 195 cm³/mol. The molecule has 1 aliphatic heterocycles. The highest BCUT2D eigenvalue weighted by Crippen LogP contribution is 2.27. The molecule has 1 heterocycles. The van der Waals surface area contributed by atoms with Crippen molar-refractivity contribution in [3.8, 4) is 5.75 Å². The number of hydrogen-bond acceptors (Lipinski definition) is 4. The van der Waals surface area contributed by atoms with E-state index >= 15 is 0 Å². The van der Waals surface area contributed by atoms with Crippen molar-refractivity contribution >= 4 is 11.5 Å². The van der Waals surface area contributed by atoms with E-state index in [1.807, 2.05) is 30.4 Å². The van der Waals surface area contributed by atoms with Crippen molar-refractivity contribution in [2.75, 3.05) is 26.2 Å². The molecule has 2 fully saturated rings. The molecule has 0 atom stereocenters. The van der Waals surface area contributed by atoms with Crippen LogP contribution < -0.4 is 4.74 Å². The Balaban J connectivity index is 0.000000641. The van der Waals surface area contributed by atoms with Gasteiger partial charge in [0.2, 0.25) is 0 Å². The average molecular weight is 611 g/mol. The van der Waals surface area contributed by atoms with Gasteiger partial charge in [0.25, 0.3) is 0 Å². The van der Waals surface area contributed by atoms with E-state index in [-0.39, 0.29) is 5.78 Å². The standard InChI is InChI=1S/C17H28N2O.C10H14O.C8H16.C5H12/c1-4-11-18-17(15(3)20)14-16(5-2)19-12-9-7-6-8-10-13-19;1-3-8-11-10-7-5-4-6-9(10)2;1-7-3-5-8(2)6-4-7;1-3-5-4-2/h5,14H,2,4,6-13H2,1,3H3;4-7H,3,8H2,1-2H3;7-8H,3-6H2,1-2H3;3-5H2,1-2H3/b16-14+,18-17?;;;. The molecule has 1 aromatic rings. The summed E-state index contributed by atoms with van der Waals surface area (Å²) >= 11 is 0. The summed E-state index contributed by atoms with van der Waals surface area (Å²) in [7, 11) is 0. The minimum Gasteiger partial charge on any atom is -0.493 e. The molecule has 0 N–H and O–H groups in total. The second kappa shape index (κ2) is 28.1. The molecule has 4 nitrogen and oxygen atoms in total. The molecule has 0 radical (unpaired) electrons. The highest BCUT2D eigenvalue weighted by Gasteiger charge is 2.13. The molecule has 0 bridgehead atoms. The Morgan fingerprint density at radius 1 is 0.886 bits per heavy atom. The molecule has 0 amide bonds. The number of carbonyl (C=O) groups excluding carboxylic acids is 1. The maximum Gasteiger partial charge on any atom is 0.177 e. The van der Waals surface area contributed by atoms with Gasteiger partial charge in [-0.15, -0.1) is 0 Å². The SMILES string of the molecule is C=C/C(=C\C(=NCCC)C(C)=O)N1CCCCCCC1.CC1CCC(C)CC1.CCCCC.CCCOc1ccccc1C. The zero-order valence-corrected chi connectivity index (χ0v) is 30.3. The van der Waals surface area contributed by atoms with E-state index in [9.17, 15) is 4.79 Å². The van der Waals surface area contributed by atoms with Crippen LogP contribution in [-0.2, 0) is 4.79 Å². The summed E-state index contributed by atoms with van der Waals surface area (Å²) in [5.74, 6) is 3.08. The van der Waals surface area contributed by atoms with Gasteiger partial charge >= 0.3 is 0 Å². The Kier molecular flexibility index (Phi) is 26.6. The monoisotopic (exact) mass is 611 g/mol. The molecule has 1 saturated heterocycles. The zero-order chi connectivity index (χ0) is 33.0. The number of likely N-dealkylation sites (tertiary alicyclic amines) is 1. The number of allylic oxidation sites excluding steroid dienone is 2. The van der Waals surface area contributed by atoms with E-state index in [4.69, 9.17) is 4.74 Å². The smallest absolute Gasteiger partial charge is 0.177 e. The number of para-hydroxylation sites is 1. The Morgan fingerprint density at radius 2 is 1.43 bits per heavy atom. The van der Waals surface area contributed by atoms with Gasteiger partial charge in [0.1, 0.15) is 11.5 Å². The van der Waals surface area contributed by atoms with Crippen LogP contribution >= 0.6 is 0 Å². The van der Waals surface area contributed by atoms with Crippen molar-refractivity contribution < 1.29 is 9.53 Å². The van der Waals surface area contributed by atoms with E-state index in [1.165, 1.54) is 82.6 Å². The molecule has 0 spiro atoms. The van der Waals surface area contributed by atoms with Gasteiger partial charge in [-0.3, -0.25) is 9.79 Å². The number of Topliss-reactive ketones (excluding diaryl/α,β-unsaturated/α-hetero) is 1. The third-order valence-corrected chi connectivity index (χ3v) is 8.15. The first-order valence-electron chi connectivity index (χ1n) is 18.1. The predicted octanol–water partition coefficient (Wildman–Crippen LogP) is 11.6. The minimum atomic E-state index is 0.0323. The first-order valence-corrected chi connectivity index (χ1v) is 18.1. The lowest BCUT2D eigenvalue weighted by Gasteiger charge is -2.27. The van der Waals surface area contributed by atoms with Crippen LogP contribution in [0.5, 0.6) is 5.75 Å². The first-order chi connectivity index (χ1) is 21.2. The summed E-state index contributed by atoms with van der Waals surface area (Å²) in [5.41, 5.74) is 2.82. The van der Waals surface area contributed by atoms with Crippen LogP contribution in [0.1, 0.15) is 144 Å². The molecule has 44 heavy (non-hydrogen) atoms. The summed E-state index contributed by atoms with van der Waals surface area (Å²) < 4.78 is 5.49. The fourth-order valence-electron chi connectivity index (χ4n) is 5.13. The van der Waals surface area contributed by atoms with Gasteiger partial charge in [-0.05, 0) is 68.2 Å². The van der Waals surface area contributed by atoms with Crippen LogP contribution in [-0.4, -0.2) is 42.6 Å². The number of carbonyl (C=O) groups is 1. The molecule has 2 aliphatic rings. The molecule has 3 rings (SSSR count). The van der Waals surface area contributed by atoms with E-state index in [0.29, 0.717) is 12.3 Å². The van der Waals surface area contributed by atoms with Crippen molar-refractivity contribution in [2.24, 2.45) is 16.8 Å². The fraction of sp³-hybridized carbons (Fsp3) is 0.700. The lowest BCUT2D eigenvalue weighted by molar-refractivity contribution is -0.111. The molecular formula is C40H70N2O2. The lowest BCUT2D eigenvalue weighted by Crippen LogP contribution is -2.27. The summed E-state index contributed by atoms with van der Waals surface area (Å²) in [5, 5.41) is 0. The van der Waals surface area contributed by atoms with Crippen molar-refractivity contribution in [3.05, 3.63) is 54.3 Å². The van der Waals surface area contributed by atoms with Gasteiger partial charge in [-0.1, -0.05) is 131 Å². The van der Waals surface area contributed by atoms with Crippen LogP contribution in [0.2, 0.25) is 0 Å². The topological polar surface area (TPSA) is 41.9 Å². The van der Waals surface area contributed by atoms with E-state index < -0.39 is 0 Å². The van der Waals surface area contributed by atoms with Gasteiger partial charge in [0.15, 0.2) is 5.78 Å². The summed E-state index contributed by atoms with van der Waals surface area (Å²) in [6, 6.07) is 8.09. The average Bonchev–Trinajstić information content (AvgIpc) is 3.00. The Bertz CT molecular complexity index is 892. The largest absolute Gasteiger partial charge is 0.493 e. The Morgan fingerprint density at radius 3 is 1.86 bits per heavy atom.